The summed E-state index contributed by atoms with van der Waals surface area (Å²) in [5.74, 6) is -2.12. The average Bonchev–Trinajstić information content (AvgIpc) is 2.81. The fraction of sp³-hybridized carbons (Fsp3) is 0.167. The van der Waals surface area contributed by atoms with Crippen LogP contribution in [0, 0.1) is 20.8 Å². The molecule has 14 nitrogen and oxygen atoms in total. The Morgan fingerprint density at radius 2 is 1.15 bits per heavy atom. The SMILES string of the molecule is CNc1c(C)c(-c2c(N)c(S(=O)(=O)O)c(N)c3c2C(=O)c2cc(S(=O)(=O)O)ccc2C3=O)c(C)c(S(=O)(=O)O)c1C. The molecule has 8 N–H and O–H groups in total. The lowest BCUT2D eigenvalue weighted by molar-refractivity contribution is 0.0979. The molecule has 0 amide bonds. The Morgan fingerprint density at radius 3 is 1.63 bits per heavy atom. The highest BCUT2D eigenvalue weighted by molar-refractivity contribution is 7.86. The van der Waals surface area contributed by atoms with Gasteiger partial charge in [-0.05, 0) is 61.2 Å². The number of carbonyl (C=O) groups excluding carboxylic acids is 2. The zero-order valence-electron chi connectivity index (χ0n) is 21.7. The summed E-state index contributed by atoms with van der Waals surface area (Å²) in [7, 11) is -13.6. The van der Waals surface area contributed by atoms with Crippen LogP contribution >= 0.6 is 0 Å². The van der Waals surface area contributed by atoms with Crippen LogP contribution in [0.1, 0.15) is 48.5 Å². The molecule has 1 aliphatic carbocycles. The van der Waals surface area contributed by atoms with Gasteiger partial charge < -0.3 is 16.8 Å². The molecule has 0 fully saturated rings. The molecule has 0 radical (unpaired) electrons. The summed E-state index contributed by atoms with van der Waals surface area (Å²) in [6.45, 7) is 4.09. The van der Waals surface area contributed by atoms with Crippen LogP contribution in [0.3, 0.4) is 0 Å². The van der Waals surface area contributed by atoms with Gasteiger partial charge in [-0.15, -0.1) is 0 Å². The highest BCUT2D eigenvalue weighted by atomic mass is 32.2. The van der Waals surface area contributed by atoms with E-state index in [1.807, 2.05) is 0 Å². The highest BCUT2D eigenvalue weighted by Gasteiger charge is 2.41. The molecular weight excluding hydrogens is 602 g/mol. The van der Waals surface area contributed by atoms with E-state index in [0.29, 0.717) is 0 Å². The second-order valence-corrected chi connectivity index (χ2v) is 13.4. The molecule has 3 aromatic carbocycles. The lowest BCUT2D eigenvalue weighted by atomic mass is 9.77. The first-order valence-corrected chi connectivity index (χ1v) is 15.7. The van der Waals surface area contributed by atoms with Gasteiger partial charge in [0, 0.05) is 35.0 Å². The van der Waals surface area contributed by atoms with Crippen LogP contribution in [0.15, 0.2) is 32.9 Å². The maximum absolute atomic E-state index is 14.0. The van der Waals surface area contributed by atoms with Crippen molar-refractivity contribution in [3.05, 3.63) is 57.1 Å². The minimum atomic E-state index is -5.27. The van der Waals surface area contributed by atoms with Crippen molar-refractivity contribution in [2.45, 2.75) is 35.5 Å². The summed E-state index contributed by atoms with van der Waals surface area (Å²) < 4.78 is 103. The molecule has 0 heterocycles. The Morgan fingerprint density at radius 1 is 0.634 bits per heavy atom. The van der Waals surface area contributed by atoms with E-state index >= 15 is 0 Å². The average molecular weight is 626 g/mol. The molecule has 3 aromatic rings. The molecule has 41 heavy (non-hydrogen) atoms. The van der Waals surface area contributed by atoms with E-state index in [4.69, 9.17) is 11.5 Å². The topological polar surface area (TPSA) is 261 Å². The second kappa shape index (κ2) is 9.33. The molecule has 17 heteroatoms. The maximum atomic E-state index is 14.0. The zero-order valence-corrected chi connectivity index (χ0v) is 24.2. The Bertz CT molecular complexity index is 2080. The summed E-state index contributed by atoms with van der Waals surface area (Å²) in [4.78, 5) is 25.2. The molecule has 0 spiro atoms. The number of benzene rings is 3. The third-order valence-corrected chi connectivity index (χ3v) is 9.89. The number of nitrogen functional groups attached to an aromatic ring is 2. The van der Waals surface area contributed by atoms with E-state index in [0.717, 1.165) is 18.2 Å². The summed E-state index contributed by atoms with van der Waals surface area (Å²) >= 11 is 0. The van der Waals surface area contributed by atoms with E-state index in [2.05, 4.69) is 5.32 Å². The van der Waals surface area contributed by atoms with Crippen molar-refractivity contribution in [1.82, 2.24) is 0 Å². The van der Waals surface area contributed by atoms with Gasteiger partial charge >= 0.3 is 0 Å². The number of nitrogens with one attached hydrogen (secondary N) is 1. The van der Waals surface area contributed by atoms with Gasteiger partial charge in [-0.2, -0.15) is 25.3 Å². The van der Waals surface area contributed by atoms with Gasteiger partial charge in [0.15, 0.2) is 11.6 Å². The molecule has 218 valence electrons. The van der Waals surface area contributed by atoms with Crippen molar-refractivity contribution < 1.29 is 48.5 Å². The Hall–Kier alpha value is -3.87. The van der Waals surface area contributed by atoms with E-state index in [-0.39, 0.29) is 27.9 Å². The molecule has 0 saturated carbocycles. The van der Waals surface area contributed by atoms with E-state index < -0.39 is 95.8 Å². The monoisotopic (exact) mass is 625 g/mol. The first-order chi connectivity index (χ1) is 18.7. The van der Waals surface area contributed by atoms with Gasteiger partial charge in [-0.1, -0.05) is 0 Å². The summed E-state index contributed by atoms with van der Waals surface area (Å²) in [5.41, 5.74) is 7.84. The van der Waals surface area contributed by atoms with Crippen molar-refractivity contribution in [2.75, 3.05) is 23.8 Å². The number of nitrogens with two attached hydrogens (primary N) is 2. The lowest BCUT2D eigenvalue weighted by Gasteiger charge is -2.28. The van der Waals surface area contributed by atoms with Crippen LogP contribution in [0.25, 0.3) is 11.1 Å². The van der Waals surface area contributed by atoms with Gasteiger partial charge in [0.2, 0.25) is 0 Å². The highest BCUT2D eigenvalue weighted by Crippen LogP contribution is 2.49. The first-order valence-electron chi connectivity index (χ1n) is 11.4. The third-order valence-electron chi connectivity index (χ3n) is 6.96. The van der Waals surface area contributed by atoms with Crippen molar-refractivity contribution >= 4 is 59.0 Å². The van der Waals surface area contributed by atoms with E-state index in [1.54, 1.807) is 0 Å². The third kappa shape index (κ3) is 4.46. The molecule has 0 bridgehead atoms. The molecule has 0 unspecified atom stereocenters. The fourth-order valence-electron chi connectivity index (χ4n) is 5.44. The van der Waals surface area contributed by atoms with Crippen LogP contribution in [0.4, 0.5) is 17.1 Å². The van der Waals surface area contributed by atoms with Crippen molar-refractivity contribution in [1.29, 1.82) is 0 Å². The normalized spacial score (nSPS) is 13.6. The summed E-state index contributed by atoms with van der Waals surface area (Å²) in [5, 5.41) is 2.77. The van der Waals surface area contributed by atoms with Crippen LogP contribution in [-0.4, -0.2) is 57.5 Å². The number of ketones is 2. The number of hydrogen-bond acceptors (Lipinski definition) is 11. The summed E-state index contributed by atoms with van der Waals surface area (Å²) in [6, 6.07) is 2.49. The van der Waals surface area contributed by atoms with Gasteiger partial charge in [-0.25, -0.2) is 0 Å². The van der Waals surface area contributed by atoms with Crippen LogP contribution < -0.4 is 16.8 Å². The molecule has 1 aliphatic rings. The van der Waals surface area contributed by atoms with E-state index in [9.17, 15) is 48.5 Å². The Balaban J connectivity index is 2.35. The summed E-state index contributed by atoms with van der Waals surface area (Å²) in [6.07, 6.45) is 0. The van der Waals surface area contributed by atoms with Gasteiger partial charge in [0.05, 0.1) is 21.8 Å². The minimum absolute atomic E-state index is 0.0668. The number of hydrogen-bond donors (Lipinski definition) is 6. The largest absolute Gasteiger partial charge is 0.397 e. The molecule has 4 rings (SSSR count). The Kier molecular flexibility index (Phi) is 6.85. The van der Waals surface area contributed by atoms with Crippen LogP contribution in [-0.2, 0) is 30.4 Å². The maximum Gasteiger partial charge on any atom is 0.298 e. The van der Waals surface area contributed by atoms with Gasteiger partial charge in [0.25, 0.3) is 30.4 Å². The van der Waals surface area contributed by atoms with Crippen molar-refractivity contribution in [2.24, 2.45) is 0 Å². The second-order valence-electron chi connectivity index (χ2n) is 9.28. The smallest absolute Gasteiger partial charge is 0.298 e. The number of anilines is 3. The standard InChI is InChI=1S/C24H23N3O11S3/c1-8-14(9(2)23(40(33,34)35)10(3)20(8)27-4)15-16-17(19(26)24(18(15)25)41(36,37)38)21(28)12-6-5-11(39(30,31)32)7-13(12)22(16)29/h5-7,27H,25-26H2,1-4H3,(H,30,31,32)(H,33,34,35)(H,36,37,38). The molecule has 0 saturated heterocycles. The van der Waals surface area contributed by atoms with E-state index in [1.165, 1.54) is 27.8 Å². The van der Waals surface area contributed by atoms with Crippen molar-refractivity contribution in [3.8, 4) is 11.1 Å². The fourth-order valence-corrected chi connectivity index (χ4v) is 7.68. The van der Waals surface area contributed by atoms with Crippen molar-refractivity contribution in [3.63, 3.8) is 0 Å². The number of rotatable bonds is 5. The van der Waals surface area contributed by atoms with Gasteiger partial charge in [-0.3, -0.25) is 23.2 Å². The predicted octanol–water partition coefficient (Wildman–Crippen LogP) is 2.00. The predicted molar refractivity (Wildman–Crippen MR) is 147 cm³/mol. The Labute approximate surface area is 234 Å². The number of fused-ring (bicyclic) bond motifs is 2. The first kappa shape index (κ1) is 30.1. The molecule has 0 aromatic heterocycles. The minimum Gasteiger partial charge on any atom is -0.397 e. The van der Waals surface area contributed by atoms with Crippen LogP contribution in [0.2, 0.25) is 0 Å². The number of carbonyl (C=O) groups is 2. The molecular formula is C24H23N3O11S3. The molecule has 0 atom stereocenters. The lowest BCUT2D eigenvalue weighted by Crippen LogP contribution is -2.27. The van der Waals surface area contributed by atoms with Gasteiger partial charge in [0.1, 0.15) is 9.79 Å². The molecule has 0 aliphatic heterocycles. The van der Waals surface area contributed by atoms with Crippen LogP contribution in [0.5, 0.6) is 0 Å². The quantitative estimate of drug-likeness (QED) is 0.137. The zero-order chi connectivity index (χ0) is 31.1.